The van der Waals surface area contributed by atoms with Crippen molar-refractivity contribution in [3.63, 3.8) is 0 Å². The lowest BCUT2D eigenvalue weighted by Gasteiger charge is -2.33. The van der Waals surface area contributed by atoms with Gasteiger partial charge in [-0.3, -0.25) is 0 Å². The molecule has 2 aliphatic rings. The van der Waals surface area contributed by atoms with E-state index in [-0.39, 0.29) is 12.1 Å². The number of carbonyl (C=O) groups excluding carboxylic acids is 1. The van der Waals surface area contributed by atoms with Gasteiger partial charge in [0.1, 0.15) is 11.9 Å². The van der Waals surface area contributed by atoms with Crippen LogP contribution in [0.5, 0.6) is 5.75 Å². The summed E-state index contributed by atoms with van der Waals surface area (Å²) in [5, 5.41) is 2.88. The largest absolute Gasteiger partial charge is 0.488 e. The third-order valence-corrected chi connectivity index (χ3v) is 5.49. The highest BCUT2D eigenvalue weighted by atomic mass is 32.2. The number of carbonyl (C=O) groups is 1. The highest BCUT2D eigenvalue weighted by Crippen LogP contribution is 2.27. The molecule has 7 nitrogen and oxygen atoms in total. The van der Waals surface area contributed by atoms with Crippen molar-refractivity contribution in [1.82, 2.24) is 14.5 Å². The Balaban J connectivity index is 1.45. The molecule has 1 aromatic carbocycles. The van der Waals surface area contributed by atoms with Crippen LogP contribution in [-0.2, 0) is 16.4 Å². The Bertz CT molecular complexity index is 659. The highest BCUT2D eigenvalue weighted by molar-refractivity contribution is 7.88. The second-order valence-corrected chi connectivity index (χ2v) is 7.87. The summed E-state index contributed by atoms with van der Waals surface area (Å²) in [5.41, 5.74) is 1.16. The van der Waals surface area contributed by atoms with Gasteiger partial charge < -0.3 is 15.0 Å². The van der Waals surface area contributed by atoms with Gasteiger partial charge in [0.2, 0.25) is 10.0 Å². The average molecular weight is 339 g/mol. The van der Waals surface area contributed by atoms with E-state index in [1.807, 2.05) is 24.3 Å². The molecule has 2 amide bonds. The maximum absolute atomic E-state index is 12.2. The Hall–Kier alpha value is -1.80. The lowest BCUT2D eigenvalue weighted by molar-refractivity contribution is 0.164. The van der Waals surface area contributed by atoms with Crippen molar-refractivity contribution in [2.75, 3.05) is 39.0 Å². The normalized spacial score (nSPS) is 21.6. The summed E-state index contributed by atoms with van der Waals surface area (Å²) < 4.78 is 30.1. The molecule has 1 fully saturated rings. The Labute approximate surface area is 136 Å². The first-order valence-corrected chi connectivity index (χ1v) is 9.51. The second-order valence-electron chi connectivity index (χ2n) is 5.89. The lowest BCUT2D eigenvalue weighted by atomic mass is 10.1. The zero-order chi connectivity index (χ0) is 16.4. The van der Waals surface area contributed by atoms with Crippen LogP contribution < -0.4 is 10.1 Å². The van der Waals surface area contributed by atoms with Gasteiger partial charge in [0.25, 0.3) is 0 Å². The number of sulfonamides is 1. The van der Waals surface area contributed by atoms with Gasteiger partial charge in [-0.05, 0) is 11.6 Å². The molecule has 0 aromatic heterocycles. The summed E-state index contributed by atoms with van der Waals surface area (Å²) in [7, 11) is -3.18. The molecule has 1 aromatic rings. The molecule has 1 saturated heterocycles. The molecular weight excluding hydrogens is 318 g/mol. The molecule has 23 heavy (non-hydrogen) atoms. The van der Waals surface area contributed by atoms with Crippen molar-refractivity contribution in [2.24, 2.45) is 0 Å². The topological polar surface area (TPSA) is 79.0 Å². The van der Waals surface area contributed by atoms with Crippen molar-refractivity contribution < 1.29 is 17.9 Å². The third-order valence-electron chi connectivity index (χ3n) is 4.19. The quantitative estimate of drug-likeness (QED) is 0.858. The fourth-order valence-corrected chi connectivity index (χ4v) is 3.73. The number of nitrogens with one attached hydrogen (secondary N) is 1. The van der Waals surface area contributed by atoms with E-state index in [1.165, 1.54) is 10.6 Å². The van der Waals surface area contributed by atoms with Gasteiger partial charge in [-0.15, -0.1) is 0 Å². The third kappa shape index (κ3) is 3.76. The second kappa shape index (κ2) is 6.37. The Kier molecular flexibility index (Phi) is 4.45. The maximum Gasteiger partial charge on any atom is 0.317 e. The highest BCUT2D eigenvalue weighted by Gasteiger charge is 2.27. The smallest absolute Gasteiger partial charge is 0.317 e. The van der Waals surface area contributed by atoms with Gasteiger partial charge in [0, 0.05) is 32.6 Å². The van der Waals surface area contributed by atoms with Crippen molar-refractivity contribution in [3.8, 4) is 5.75 Å². The van der Waals surface area contributed by atoms with E-state index < -0.39 is 10.0 Å². The molecule has 1 atom stereocenters. The van der Waals surface area contributed by atoms with E-state index in [0.29, 0.717) is 32.7 Å². The summed E-state index contributed by atoms with van der Waals surface area (Å²) in [6.07, 6.45) is 1.93. The van der Waals surface area contributed by atoms with E-state index in [4.69, 9.17) is 4.74 Å². The Morgan fingerprint density at radius 3 is 2.61 bits per heavy atom. The molecule has 0 saturated carbocycles. The van der Waals surface area contributed by atoms with Crippen molar-refractivity contribution in [1.29, 1.82) is 0 Å². The number of ether oxygens (including phenoxy) is 1. The number of para-hydroxylation sites is 1. The van der Waals surface area contributed by atoms with Crippen LogP contribution in [0.25, 0.3) is 0 Å². The van der Waals surface area contributed by atoms with Crippen LogP contribution in [0.15, 0.2) is 24.3 Å². The standard InChI is InChI=1S/C15H21N3O4S/c1-23(20,21)18-8-6-17(7-9-18)15(19)16-11-13-10-12-4-2-3-5-14(12)22-13/h2-5,13H,6-11H2,1H3,(H,16,19)/t13-/m0/s1. The molecule has 2 heterocycles. The van der Waals surface area contributed by atoms with Crippen LogP contribution in [0.3, 0.4) is 0 Å². The number of piperazine rings is 1. The van der Waals surface area contributed by atoms with Crippen molar-refractivity contribution in [2.45, 2.75) is 12.5 Å². The lowest BCUT2D eigenvalue weighted by Crippen LogP contribution is -2.53. The Morgan fingerprint density at radius 1 is 1.26 bits per heavy atom. The predicted molar refractivity (Wildman–Crippen MR) is 86.0 cm³/mol. The van der Waals surface area contributed by atoms with Gasteiger partial charge >= 0.3 is 6.03 Å². The fourth-order valence-electron chi connectivity index (χ4n) is 2.90. The number of rotatable bonds is 3. The summed E-state index contributed by atoms with van der Waals surface area (Å²) in [4.78, 5) is 13.8. The average Bonchev–Trinajstić information content (AvgIpc) is 2.95. The monoisotopic (exact) mass is 339 g/mol. The first-order chi connectivity index (χ1) is 10.9. The van der Waals surface area contributed by atoms with Crippen LogP contribution in [0.1, 0.15) is 5.56 Å². The van der Waals surface area contributed by atoms with Crippen molar-refractivity contribution in [3.05, 3.63) is 29.8 Å². The van der Waals surface area contributed by atoms with Crippen LogP contribution in [0.4, 0.5) is 4.79 Å². The van der Waals surface area contributed by atoms with Crippen LogP contribution in [0.2, 0.25) is 0 Å². The van der Waals surface area contributed by atoms with E-state index >= 15 is 0 Å². The van der Waals surface area contributed by atoms with Gasteiger partial charge in [0.15, 0.2) is 0 Å². The van der Waals surface area contributed by atoms with Gasteiger partial charge in [0.05, 0.1) is 12.8 Å². The molecule has 1 N–H and O–H groups in total. The summed E-state index contributed by atoms with van der Waals surface area (Å²) in [6.45, 7) is 1.95. The number of benzene rings is 1. The summed E-state index contributed by atoms with van der Waals surface area (Å²) in [6, 6.07) is 7.70. The van der Waals surface area contributed by atoms with Gasteiger partial charge in [-0.2, -0.15) is 4.31 Å². The van der Waals surface area contributed by atoms with E-state index in [0.717, 1.165) is 17.7 Å². The molecule has 2 aliphatic heterocycles. The molecule has 0 unspecified atom stereocenters. The molecule has 8 heteroatoms. The van der Waals surface area contributed by atoms with Crippen molar-refractivity contribution >= 4 is 16.1 Å². The number of fused-ring (bicyclic) bond motifs is 1. The number of hydrogen-bond donors (Lipinski definition) is 1. The van der Waals surface area contributed by atoms with Crippen LogP contribution >= 0.6 is 0 Å². The van der Waals surface area contributed by atoms with Crippen LogP contribution in [-0.4, -0.2) is 68.7 Å². The molecule has 126 valence electrons. The van der Waals surface area contributed by atoms with E-state index in [2.05, 4.69) is 5.32 Å². The number of hydrogen-bond acceptors (Lipinski definition) is 4. The zero-order valence-electron chi connectivity index (χ0n) is 13.1. The minimum atomic E-state index is -3.18. The number of urea groups is 1. The first-order valence-electron chi connectivity index (χ1n) is 7.66. The SMILES string of the molecule is CS(=O)(=O)N1CCN(C(=O)NC[C@@H]2Cc3ccccc3O2)CC1. The maximum atomic E-state index is 12.2. The predicted octanol–water partition coefficient (Wildman–Crippen LogP) is 0.277. The minimum absolute atomic E-state index is 0.0475. The molecule has 3 rings (SSSR count). The van der Waals surface area contributed by atoms with E-state index in [9.17, 15) is 13.2 Å². The fraction of sp³-hybridized carbons (Fsp3) is 0.533. The van der Waals surface area contributed by atoms with Gasteiger partial charge in [-0.25, -0.2) is 13.2 Å². The molecular formula is C15H21N3O4S. The zero-order valence-corrected chi connectivity index (χ0v) is 13.9. The summed E-state index contributed by atoms with van der Waals surface area (Å²) in [5.74, 6) is 0.883. The first kappa shape index (κ1) is 16.1. The molecule has 0 radical (unpaired) electrons. The minimum Gasteiger partial charge on any atom is -0.488 e. The molecule has 0 spiro atoms. The number of nitrogens with zero attached hydrogens (tertiary/aromatic N) is 2. The van der Waals surface area contributed by atoms with Crippen LogP contribution in [0, 0.1) is 0 Å². The molecule has 0 bridgehead atoms. The molecule has 0 aliphatic carbocycles. The number of amides is 2. The summed E-state index contributed by atoms with van der Waals surface area (Å²) >= 11 is 0. The van der Waals surface area contributed by atoms with Gasteiger partial charge in [-0.1, -0.05) is 18.2 Å². The Morgan fingerprint density at radius 2 is 1.96 bits per heavy atom. The van der Waals surface area contributed by atoms with E-state index in [1.54, 1.807) is 4.90 Å².